The van der Waals surface area contributed by atoms with Crippen LogP contribution in [0.1, 0.15) is 31.2 Å². The number of carbonyl (C=O) groups is 1. The van der Waals surface area contributed by atoms with E-state index in [9.17, 15) is 13.2 Å². The molecule has 1 aliphatic carbocycles. The largest absolute Gasteiger partial charge is 0.333 e. The fourth-order valence-electron chi connectivity index (χ4n) is 3.56. The quantitative estimate of drug-likeness (QED) is 0.836. The minimum atomic E-state index is -3.24. The van der Waals surface area contributed by atoms with Gasteiger partial charge < -0.3 is 10.6 Å². The van der Waals surface area contributed by atoms with Gasteiger partial charge >= 0.3 is 6.03 Å². The van der Waals surface area contributed by atoms with Crippen molar-refractivity contribution < 1.29 is 13.2 Å². The minimum absolute atomic E-state index is 0.114. The Balaban J connectivity index is 1.61. The van der Waals surface area contributed by atoms with Crippen molar-refractivity contribution in [3.05, 3.63) is 36.0 Å². The van der Waals surface area contributed by atoms with Gasteiger partial charge in [-0.05, 0) is 37.1 Å². The van der Waals surface area contributed by atoms with Gasteiger partial charge in [0, 0.05) is 36.3 Å². The summed E-state index contributed by atoms with van der Waals surface area (Å²) in [7, 11) is -3.24. The lowest BCUT2D eigenvalue weighted by Gasteiger charge is -2.33. The standard InChI is InChI=1S/C18H21N5O3S/c1-27(25,26)15-8-6-13(7-9-15)21-17-19-10-12-11-20-18(24)23(16(12)22-17)14-4-2-3-5-14/h6-10,14H,2-5,11H2,1H3,(H,20,24)(H,19,21,22). The molecule has 2 aromatic rings. The van der Waals surface area contributed by atoms with Crippen LogP contribution in [0.25, 0.3) is 0 Å². The summed E-state index contributed by atoms with van der Waals surface area (Å²) in [6.07, 6.45) is 7.08. The van der Waals surface area contributed by atoms with Crippen molar-refractivity contribution in [1.82, 2.24) is 15.3 Å². The second-order valence-corrected chi connectivity index (χ2v) is 8.95. The molecule has 27 heavy (non-hydrogen) atoms. The third-order valence-electron chi connectivity index (χ3n) is 4.95. The minimum Gasteiger partial charge on any atom is -0.333 e. The van der Waals surface area contributed by atoms with Crippen LogP contribution in [0.5, 0.6) is 0 Å². The first-order valence-electron chi connectivity index (χ1n) is 8.92. The maximum atomic E-state index is 12.4. The summed E-state index contributed by atoms with van der Waals surface area (Å²) in [5.74, 6) is 1.02. The second kappa shape index (κ2) is 6.80. The Kier molecular flexibility index (Phi) is 4.47. The van der Waals surface area contributed by atoms with E-state index in [0.29, 0.717) is 24.0 Å². The normalized spacial score (nSPS) is 17.5. The highest BCUT2D eigenvalue weighted by Crippen LogP contribution is 2.32. The molecule has 1 aromatic heterocycles. The fraction of sp³-hybridized carbons (Fsp3) is 0.389. The van der Waals surface area contributed by atoms with Crippen molar-refractivity contribution in [2.75, 3.05) is 16.5 Å². The first kappa shape index (κ1) is 17.7. The van der Waals surface area contributed by atoms with Gasteiger partial charge in [-0.1, -0.05) is 12.8 Å². The van der Waals surface area contributed by atoms with Gasteiger partial charge in [-0.25, -0.2) is 18.2 Å². The van der Waals surface area contributed by atoms with E-state index >= 15 is 0 Å². The first-order valence-corrected chi connectivity index (χ1v) is 10.8. The second-order valence-electron chi connectivity index (χ2n) is 6.93. The zero-order chi connectivity index (χ0) is 19.0. The number of rotatable bonds is 4. The van der Waals surface area contributed by atoms with E-state index < -0.39 is 9.84 Å². The van der Waals surface area contributed by atoms with Crippen molar-refractivity contribution in [3.63, 3.8) is 0 Å². The Morgan fingerprint density at radius 1 is 1.19 bits per heavy atom. The average molecular weight is 387 g/mol. The summed E-state index contributed by atoms with van der Waals surface area (Å²) in [4.78, 5) is 23.3. The molecule has 1 aliphatic heterocycles. The fourth-order valence-corrected chi connectivity index (χ4v) is 4.19. The lowest BCUT2D eigenvalue weighted by Crippen LogP contribution is -2.49. The van der Waals surface area contributed by atoms with Crippen LogP contribution in [0.4, 0.5) is 22.2 Å². The number of sulfone groups is 1. The number of fused-ring (bicyclic) bond motifs is 1. The van der Waals surface area contributed by atoms with Crippen LogP contribution >= 0.6 is 0 Å². The predicted molar refractivity (Wildman–Crippen MR) is 102 cm³/mol. The van der Waals surface area contributed by atoms with Crippen LogP contribution in [0.3, 0.4) is 0 Å². The Labute approximate surface area is 157 Å². The summed E-state index contributed by atoms with van der Waals surface area (Å²) in [6, 6.07) is 6.46. The Morgan fingerprint density at radius 3 is 2.56 bits per heavy atom. The molecule has 0 saturated heterocycles. The van der Waals surface area contributed by atoms with Crippen LogP contribution in [0, 0.1) is 0 Å². The number of carbonyl (C=O) groups excluding carboxylic acids is 1. The van der Waals surface area contributed by atoms with Crippen LogP contribution in [-0.4, -0.2) is 36.7 Å². The van der Waals surface area contributed by atoms with Crippen LogP contribution in [-0.2, 0) is 16.4 Å². The number of benzene rings is 1. The molecular formula is C18H21N5O3S. The van der Waals surface area contributed by atoms with E-state index in [4.69, 9.17) is 0 Å². The van der Waals surface area contributed by atoms with Crippen LogP contribution < -0.4 is 15.5 Å². The number of nitrogens with one attached hydrogen (secondary N) is 2. The van der Waals surface area contributed by atoms with Crippen LogP contribution in [0.2, 0.25) is 0 Å². The summed E-state index contributed by atoms with van der Waals surface area (Å²) in [5.41, 5.74) is 1.56. The van der Waals surface area contributed by atoms with Gasteiger partial charge in [-0.2, -0.15) is 4.98 Å². The van der Waals surface area contributed by atoms with E-state index in [2.05, 4.69) is 20.6 Å². The van der Waals surface area contributed by atoms with Crippen molar-refractivity contribution in [2.45, 2.75) is 43.2 Å². The van der Waals surface area contributed by atoms with Crippen molar-refractivity contribution in [3.8, 4) is 0 Å². The van der Waals surface area contributed by atoms with E-state index in [1.165, 1.54) is 18.4 Å². The van der Waals surface area contributed by atoms with E-state index in [1.807, 2.05) is 0 Å². The number of hydrogen-bond acceptors (Lipinski definition) is 6. The van der Waals surface area contributed by atoms with Crippen molar-refractivity contribution in [2.24, 2.45) is 0 Å². The molecule has 0 bridgehead atoms. The Morgan fingerprint density at radius 2 is 1.89 bits per heavy atom. The average Bonchev–Trinajstić information content (AvgIpc) is 3.15. The topological polar surface area (TPSA) is 104 Å². The monoisotopic (exact) mass is 387 g/mol. The number of aromatic nitrogens is 2. The SMILES string of the molecule is CS(=O)(=O)c1ccc(Nc2ncc3c(n2)N(C2CCCC2)C(=O)NC3)cc1. The maximum Gasteiger partial charge on any atom is 0.323 e. The molecule has 2 N–H and O–H groups in total. The van der Waals surface area contributed by atoms with Gasteiger partial charge in [0.1, 0.15) is 5.82 Å². The smallest absolute Gasteiger partial charge is 0.323 e. The summed E-state index contributed by atoms with van der Waals surface area (Å²) < 4.78 is 23.1. The molecule has 4 rings (SSSR count). The molecule has 1 fully saturated rings. The molecule has 8 nitrogen and oxygen atoms in total. The van der Waals surface area contributed by atoms with E-state index in [1.54, 1.807) is 23.2 Å². The highest BCUT2D eigenvalue weighted by molar-refractivity contribution is 7.90. The van der Waals surface area contributed by atoms with Gasteiger partial charge in [-0.15, -0.1) is 0 Å². The summed E-state index contributed by atoms with van der Waals surface area (Å²) >= 11 is 0. The number of hydrogen-bond donors (Lipinski definition) is 2. The lowest BCUT2D eigenvalue weighted by molar-refractivity contribution is 0.241. The Hall–Kier alpha value is -2.68. The summed E-state index contributed by atoms with van der Waals surface area (Å²) in [5, 5.41) is 5.97. The molecule has 9 heteroatoms. The molecule has 1 aromatic carbocycles. The first-order chi connectivity index (χ1) is 12.9. The van der Waals surface area contributed by atoms with Crippen molar-refractivity contribution in [1.29, 1.82) is 0 Å². The van der Waals surface area contributed by atoms with E-state index in [-0.39, 0.29) is 17.0 Å². The Bertz CT molecular complexity index is 969. The molecule has 1 saturated carbocycles. The third-order valence-corrected chi connectivity index (χ3v) is 6.08. The molecule has 0 unspecified atom stereocenters. The van der Waals surface area contributed by atoms with Gasteiger partial charge in [0.25, 0.3) is 0 Å². The molecule has 0 spiro atoms. The number of amides is 2. The van der Waals surface area contributed by atoms with Gasteiger partial charge in [0.15, 0.2) is 9.84 Å². The molecule has 142 valence electrons. The van der Waals surface area contributed by atoms with Gasteiger partial charge in [0.05, 0.1) is 4.90 Å². The van der Waals surface area contributed by atoms with Gasteiger partial charge in [-0.3, -0.25) is 4.90 Å². The highest BCUT2D eigenvalue weighted by atomic mass is 32.2. The maximum absolute atomic E-state index is 12.4. The molecule has 0 atom stereocenters. The third kappa shape index (κ3) is 3.59. The van der Waals surface area contributed by atoms with Crippen LogP contribution in [0.15, 0.2) is 35.4 Å². The molecule has 2 aliphatic rings. The molecule has 2 amide bonds. The zero-order valence-corrected chi connectivity index (χ0v) is 15.8. The van der Waals surface area contributed by atoms with Crippen molar-refractivity contribution >= 4 is 33.3 Å². The number of anilines is 3. The number of nitrogens with zero attached hydrogens (tertiary/aromatic N) is 3. The highest BCUT2D eigenvalue weighted by Gasteiger charge is 2.33. The summed E-state index contributed by atoms with van der Waals surface area (Å²) in [6.45, 7) is 0.417. The molecule has 2 heterocycles. The van der Waals surface area contributed by atoms with Gasteiger partial charge in [0.2, 0.25) is 5.95 Å². The molecular weight excluding hydrogens is 366 g/mol. The zero-order valence-electron chi connectivity index (χ0n) is 15.0. The lowest BCUT2D eigenvalue weighted by atomic mass is 10.1. The number of urea groups is 1. The van der Waals surface area contributed by atoms with E-state index in [0.717, 1.165) is 31.2 Å². The predicted octanol–water partition coefficient (Wildman–Crippen LogP) is 2.60. The molecule has 0 radical (unpaired) electrons.